The minimum Gasteiger partial charge on any atom is -0.351 e. The fraction of sp³-hybridized carbons (Fsp3) is 0.889. The van der Waals surface area contributed by atoms with Crippen LogP contribution in [0.5, 0.6) is 0 Å². The van der Waals surface area contributed by atoms with Gasteiger partial charge in [0.15, 0.2) is 0 Å². The molecule has 0 aromatic rings. The van der Waals surface area contributed by atoms with Gasteiger partial charge in [-0.2, -0.15) is 0 Å². The number of amides is 2. The van der Waals surface area contributed by atoms with Gasteiger partial charge in [-0.1, -0.05) is 19.8 Å². The first-order valence-electron chi connectivity index (χ1n) is 4.65. The van der Waals surface area contributed by atoms with Gasteiger partial charge in [0.2, 0.25) is 0 Å². The third kappa shape index (κ3) is 4.21. The van der Waals surface area contributed by atoms with E-state index in [0.717, 1.165) is 19.4 Å². The van der Waals surface area contributed by atoms with Crippen LogP contribution in [0.1, 0.15) is 40.0 Å². The van der Waals surface area contributed by atoms with Gasteiger partial charge in [0.05, 0.1) is 0 Å². The minimum absolute atomic E-state index is 0.222. The maximum absolute atomic E-state index is 10.9. The van der Waals surface area contributed by atoms with Crippen LogP contribution in [0.15, 0.2) is 0 Å². The van der Waals surface area contributed by atoms with Crippen molar-refractivity contribution in [2.24, 2.45) is 5.73 Å². The molecule has 0 aliphatic rings. The van der Waals surface area contributed by atoms with Crippen LogP contribution in [0.25, 0.3) is 0 Å². The molecule has 0 saturated heterocycles. The maximum Gasteiger partial charge on any atom is 0.315 e. The number of primary amides is 1. The largest absolute Gasteiger partial charge is 0.351 e. The summed E-state index contributed by atoms with van der Waals surface area (Å²) in [4.78, 5) is 12.6. The van der Waals surface area contributed by atoms with E-state index in [-0.39, 0.29) is 12.1 Å². The van der Waals surface area contributed by atoms with Gasteiger partial charge < -0.3 is 10.6 Å². The Morgan fingerprint density at radius 2 is 2.00 bits per heavy atom. The number of nitrogens with two attached hydrogens (primary N) is 1. The zero-order valence-corrected chi connectivity index (χ0v) is 8.34. The van der Waals surface area contributed by atoms with Crippen molar-refractivity contribution in [1.82, 2.24) is 4.90 Å². The van der Waals surface area contributed by atoms with Crippen LogP contribution in [0.3, 0.4) is 0 Å². The molecule has 0 heterocycles. The average molecular weight is 172 g/mol. The lowest BCUT2D eigenvalue weighted by atomic mass is 10.2. The molecule has 0 aliphatic carbocycles. The van der Waals surface area contributed by atoms with Crippen LogP contribution in [-0.2, 0) is 0 Å². The number of carbonyl (C=O) groups is 1. The zero-order valence-electron chi connectivity index (χ0n) is 8.34. The predicted molar refractivity (Wildman–Crippen MR) is 51.0 cm³/mol. The second-order valence-corrected chi connectivity index (χ2v) is 3.33. The molecule has 0 rings (SSSR count). The fourth-order valence-corrected chi connectivity index (χ4v) is 1.16. The van der Waals surface area contributed by atoms with Crippen molar-refractivity contribution in [3.63, 3.8) is 0 Å². The van der Waals surface area contributed by atoms with Gasteiger partial charge in [-0.3, -0.25) is 0 Å². The number of nitrogens with zero attached hydrogens (tertiary/aromatic N) is 1. The fourth-order valence-electron chi connectivity index (χ4n) is 1.16. The highest BCUT2D eigenvalue weighted by Gasteiger charge is 2.11. The second kappa shape index (κ2) is 5.86. The average Bonchev–Trinajstić information content (AvgIpc) is 1.96. The zero-order chi connectivity index (χ0) is 9.56. The third-order valence-electron chi connectivity index (χ3n) is 1.91. The van der Waals surface area contributed by atoms with Crippen molar-refractivity contribution in [1.29, 1.82) is 0 Å². The molecule has 72 valence electrons. The Balaban J connectivity index is 3.72. The highest BCUT2D eigenvalue weighted by atomic mass is 16.2. The summed E-state index contributed by atoms with van der Waals surface area (Å²) in [6.45, 7) is 6.90. The van der Waals surface area contributed by atoms with Gasteiger partial charge in [0.1, 0.15) is 0 Å². The van der Waals surface area contributed by atoms with Crippen LogP contribution >= 0.6 is 0 Å². The highest BCUT2D eigenvalue weighted by Crippen LogP contribution is 2.02. The summed E-state index contributed by atoms with van der Waals surface area (Å²) in [6, 6.07) is -0.0829. The van der Waals surface area contributed by atoms with Crippen LogP contribution in [0, 0.1) is 0 Å². The summed E-state index contributed by atoms with van der Waals surface area (Å²) < 4.78 is 0. The van der Waals surface area contributed by atoms with E-state index >= 15 is 0 Å². The van der Waals surface area contributed by atoms with Crippen LogP contribution < -0.4 is 5.73 Å². The number of urea groups is 1. The molecule has 0 aliphatic heterocycles. The molecule has 3 nitrogen and oxygen atoms in total. The summed E-state index contributed by atoms with van der Waals surface area (Å²) in [6.07, 6.45) is 3.39. The van der Waals surface area contributed by atoms with Gasteiger partial charge in [-0.05, 0) is 20.3 Å². The SMILES string of the molecule is CCCCCN(C(N)=O)C(C)C. The van der Waals surface area contributed by atoms with E-state index in [0.29, 0.717) is 0 Å². The summed E-state index contributed by atoms with van der Waals surface area (Å²) in [5.74, 6) is 0. The predicted octanol–water partition coefficient (Wildman–Crippen LogP) is 1.97. The first kappa shape index (κ1) is 11.3. The first-order valence-corrected chi connectivity index (χ1v) is 4.65. The van der Waals surface area contributed by atoms with Gasteiger partial charge in [0, 0.05) is 12.6 Å². The highest BCUT2D eigenvalue weighted by molar-refractivity contribution is 5.72. The molecule has 2 N–H and O–H groups in total. The van der Waals surface area contributed by atoms with Crippen molar-refractivity contribution in [2.45, 2.75) is 46.1 Å². The normalized spacial score (nSPS) is 10.3. The Morgan fingerprint density at radius 3 is 2.33 bits per heavy atom. The number of hydrogen-bond acceptors (Lipinski definition) is 1. The molecule has 0 atom stereocenters. The Kier molecular flexibility index (Phi) is 5.51. The van der Waals surface area contributed by atoms with E-state index in [1.165, 1.54) is 6.42 Å². The molecule has 0 aromatic carbocycles. The molecule has 0 aromatic heterocycles. The molecule has 0 spiro atoms. The van der Waals surface area contributed by atoms with Gasteiger partial charge in [0.25, 0.3) is 0 Å². The number of carbonyl (C=O) groups excluding carboxylic acids is 1. The van der Waals surface area contributed by atoms with E-state index in [1.807, 2.05) is 13.8 Å². The Morgan fingerprint density at radius 1 is 1.42 bits per heavy atom. The molecule has 0 fully saturated rings. The monoisotopic (exact) mass is 172 g/mol. The Hall–Kier alpha value is -0.730. The minimum atomic E-state index is -0.305. The molecule has 2 amide bonds. The lowest BCUT2D eigenvalue weighted by Gasteiger charge is -2.24. The number of rotatable bonds is 5. The molecule has 3 heteroatoms. The van der Waals surface area contributed by atoms with E-state index in [2.05, 4.69) is 6.92 Å². The first-order chi connectivity index (χ1) is 5.59. The van der Waals surface area contributed by atoms with Crippen LogP contribution in [-0.4, -0.2) is 23.5 Å². The standard InChI is InChI=1S/C9H20N2O/c1-4-5-6-7-11(8(2)3)9(10)12/h8H,4-7H2,1-3H3,(H2,10,12). The lowest BCUT2D eigenvalue weighted by Crippen LogP contribution is -2.41. The molecular formula is C9H20N2O. The third-order valence-corrected chi connectivity index (χ3v) is 1.91. The van der Waals surface area contributed by atoms with Crippen molar-refractivity contribution >= 4 is 6.03 Å². The quantitative estimate of drug-likeness (QED) is 0.633. The van der Waals surface area contributed by atoms with Crippen molar-refractivity contribution in [3.05, 3.63) is 0 Å². The maximum atomic E-state index is 10.9. The van der Waals surface area contributed by atoms with E-state index in [4.69, 9.17) is 5.73 Å². The van der Waals surface area contributed by atoms with E-state index in [9.17, 15) is 4.79 Å². The smallest absolute Gasteiger partial charge is 0.315 e. The topological polar surface area (TPSA) is 46.3 Å². The van der Waals surface area contributed by atoms with Gasteiger partial charge >= 0.3 is 6.03 Å². The summed E-state index contributed by atoms with van der Waals surface area (Å²) in [7, 11) is 0. The van der Waals surface area contributed by atoms with Crippen molar-refractivity contribution < 1.29 is 4.79 Å². The molecular weight excluding hydrogens is 152 g/mol. The van der Waals surface area contributed by atoms with Crippen LogP contribution in [0.2, 0.25) is 0 Å². The molecule has 0 bridgehead atoms. The summed E-state index contributed by atoms with van der Waals surface area (Å²) in [5.41, 5.74) is 5.21. The molecule has 0 unspecified atom stereocenters. The summed E-state index contributed by atoms with van der Waals surface area (Å²) >= 11 is 0. The van der Waals surface area contributed by atoms with Crippen LogP contribution in [0.4, 0.5) is 4.79 Å². The van der Waals surface area contributed by atoms with Gasteiger partial charge in [-0.25, -0.2) is 4.79 Å². The lowest BCUT2D eigenvalue weighted by molar-refractivity contribution is 0.191. The summed E-state index contributed by atoms with van der Waals surface area (Å²) in [5, 5.41) is 0. The van der Waals surface area contributed by atoms with E-state index < -0.39 is 0 Å². The Labute approximate surface area is 74.9 Å². The molecule has 12 heavy (non-hydrogen) atoms. The number of hydrogen-bond donors (Lipinski definition) is 1. The van der Waals surface area contributed by atoms with Crippen molar-refractivity contribution in [3.8, 4) is 0 Å². The molecule has 0 saturated carbocycles. The van der Waals surface area contributed by atoms with E-state index in [1.54, 1.807) is 4.90 Å². The molecule has 0 radical (unpaired) electrons. The number of unbranched alkanes of at least 4 members (excludes halogenated alkanes) is 2. The van der Waals surface area contributed by atoms with Gasteiger partial charge in [-0.15, -0.1) is 0 Å². The van der Waals surface area contributed by atoms with Crippen molar-refractivity contribution in [2.75, 3.05) is 6.54 Å². The Bertz CT molecular complexity index is 134. The second-order valence-electron chi connectivity index (χ2n) is 3.33.